The number of hydrogen-bond acceptors (Lipinski definition) is 5. The standard InChI is InChI=1S/C6H12O5/c7-2-4(9)1-5(10)6(11)3-8/h5-8,10-11H,1-3H2/t5-,6-/m1/s1. The van der Waals surface area contributed by atoms with Gasteiger partial charge in [0, 0.05) is 6.42 Å². The molecule has 0 saturated heterocycles. The lowest BCUT2D eigenvalue weighted by molar-refractivity contribution is -0.126. The fourth-order valence-electron chi connectivity index (χ4n) is 0.556. The molecular weight excluding hydrogens is 152 g/mol. The molecule has 4 N–H and O–H groups in total. The van der Waals surface area contributed by atoms with Crippen molar-refractivity contribution >= 4 is 5.78 Å². The van der Waals surface area contributed by atoms with E-state index in [0.29, 0.717) is 0 Å². The molecular formula is C6H12O5. The summed E-state index contributed by atoms with van der Waals surface area (Å²) in [5, 5.41) is 34.2. The number of rotatable bonds is 5. The molecule has 0 aliphatic heterocycles. The van der Waals surface area contributed by atoms with E-state index < -0.39 is 31.2 Å². The molecule has 0 rings (SSSR count). The maximum atomic E-state index is 10.4. The Balaban J connectivity index is 3.67. The van der Waals surface area contributed by atoms with Crippen LogP contribution in [0.15, 0.2) is 0 Å². The summed E-state index contributed by atoms with van der Waals surface area (Å²) in [6, 6.07) is 0. The van der Waals surface area contributed by atoms with E-state index in [-0.39, 0.29) is 6.42 Å². The summed E-state index contributed by atoms with van der Waals surface area (Å²) in [7, 11) is 0. The summed E-state index contributed by atoms with van der Waals surface area (Å²) < 4.78 is 0. The molecule has 0 fully saturated rings. The molecule has 5 heteroatoms. The first-order chi connectivity index (χ1) is 5.11. The third-order valence-electron chi connectivity index (χ3n) is 1.24. The molecule has 0 unspecified atom stereocenters. The summed E-state index contributed by atoms with van der Waals surface area (Å²) in [4.78, 5) is 10.4. The Labute approximate surface area is 63.9 Å². The molecule has 0 aromatic rings. The first kappa shape index (κ1) is 10.5. The number of aliphatic hydroxyl groups excluding tert-OH is 4. The van der Waals surface area contributed by atoms with E-state index in [2.05, 4.69) is 0 Å². The molecule has 0 aromatic carbocycles. The number of carbonyl (C=O) groups is 1. The summed E-state index contributed by atoms with van der Waals surface area (Å²) in [5.74, 6) is -0.565. The van der Waals surface area contributed by atoms with Crippen molar-refractivity contribution in [2.45, 2.75) is 18.6 Å². The van der Waals surface area contributed by atoms with Crippen LogP contribution in [0.5, 0.6) is 0 Å². The van der Waals surface area contributed by atoms with Gasteiger partial charge in [0.15, 0.2) is 5.78 Å². The zero-order valence-electron chi connectivity index (χ0n) is 5.97. The average Bonchev–Trinajstić information content (AvgIpc) is 2.02. The first-order valence-electron chi connectivity index (χ1n) is 3.21. The molecule has 2 atom stereocenters. The van der Waals surface area contributed by atoms with E-state index in [1.807, 2.05) is 0 Å². The van der Waals surface area contributed by atoms with E-state index in [1.165, 1.54) is 0 Å². The van der Waals surface area contributed by atoms with Gasteiger partial charge < -0.3 is 20.4 Å². The predicted molar refractivity (Wildman–Crippen MR) is 35.8 cm³/mol. The second-order valence-electron chi connectivity index (χ2n) is 2.22. The lowest BCUT2D eigenvalue weighted by atomic mass is 10.1. The Bertz CT molecular complexity index is 124. The van der Waals surface area contributed by atoms with Gasteiger partial charge in [0.2, 0.25) is 0 Å². The maximum Gasteiger partial charge on any atom is 0.160 e. The molecule has 0 bridgehead atoms. The van der Waals surface area contributed by atoms with Crippen molar-refractivity contribution < 1.29 is 25.2 Å². The molecule has 0 spiro atoms. The maximum absolute atomic E-state index is 10.4. The number of hydrogen-bond donors (Lipinski definition) is 4. The van der Waals surface area contributed by atoms with Gasteiger partial charge >= 0.3 is 0 Å². The number of ketones is 1. The summed E-state index contributed by atoms with van der Waals surface area (Å²) >= 11 is 0. The SMILES string of the molecule is O=C(CO)C[C@@H](O)[C@H](O)CO. The van der Waals surface area contributed by atoms with Crippen molar-refractivity contribution in [1.29, 1.82) is 0 Å². The molecule has 0 saturated carbocycles. The Hall–Kier alpha value is -0.490. The molecule has 0 amide bonds. The smallest absolute Gasteiger partial charge is 0.160 e. The highest BCUT2D eigenvalue weighted by Gasteiger charge is 2.17. The number of carbonyl (C=O) groups excluding carboxylic acids is 1. The third-order valence-corrected chi connectivity index (χ3v) is 1.24. The normalized spacial score (nSPS) is 16.0. The third kappa shape index (κ3) is 4.05. The summed E-state index contributed by atoms with van der Waals surface area (Å²) in [5.41, 5.74) is 0. The van der Waals surface area contributed by atoms with Crippen LogP contribution in [0.25, 0.3) is 0 Å². The van der Waals surface area contributed by atoms with Crippen molar-refractivity contribution in [3.05, 3.63) is 0 Å². The molecule has 0 aromatic heterocycles. The van der Waals surface area contributed by atoms with Crippen LogP contribution in [0.3, 0.4) is 0 Å². The molecule has 66 valence electrons. The predicted octanol–water partition coefficient (Wildman–Crippen LogP) is -2.35. The first-order valence-corrected chi connectivity index (χ1v) is 3.21. The highest BCUT2D eigenvalue weighted by Crippen LogP contribution is 1.98. The molecule has 0 radical (unpaired) electrons. The Morgan fingerprint density at radius 1 is 1.18 bits per heavy atom. The largest absolute Gasteiger partial charge is 0.394 e. The minimum Gasteiger partial charge on any atom is -0.394 e. The van der Waals surface area contributed by atoms with E-state index in [1.54, 1.807) is 0 Å². The minimum absolute atomic E-state index is 0.335. The quantitative estimate of drug-likeness (QED) is 0.365. The lowest BCUT2D eigenvalue weighted by Crippen LogP contribution is -2.31. The van der Waals surface area contributed by atoms with Crippen molar-refractivity contribution in [1.82, 2.24) is 0 Å². The van der Waals surface area contributed by atoms with Crippen molar-refractivity contribution in [3.8, 4) is 0 Å². The van der Waals surface area contributed by atoms with Crippen LogP contribution in [0.4, 0.5) is 0 Å². The second kappa shape index (κ2) is 5.20. The van der Waals surface area contributed by atoms with Crippen molar-refractivity contribution in [2.24, 2.45) is 0 Å². The Morgan fingerprint density at radius 3 is 2.09 bits per heavy atom. The van der Waals surface area contributed by atoms with E-state index in [4.69, 9.17) is 20.4 Å². The van der Waals surface area contributed by atoms with Crippen LogP contribution in [0.2, 0.25) is 0 Å². The van der Waals surface area contributed by atoms with Crippen LogP contribution in [-0.4, -0.2) is 51.6 Å². The summed E-state index contributed by atoms with van der Waals surface area (Å²) in [6.07, 6.45) is -2.94. The van der Waals surface area contributed by atoms with Gasteiger partial charge in [0.25, 0.3) is 0 Å². The Kier molecular flexibility index (Phi) is 4.97. The fourth-order valence-corrected chi connectivity index (χ4v) is 0.556. The van der Waals surface area contributed by atoms with Crippen LogP contribution < -0.4 is 0 Å². The zero-order chi connectivity index (χ0) is 8.85. The van der Waals surface area contributed by atoms with Gasteiger partial charge in [-0.3, -0.25) is 4.79 Å². The summed E-state index contributed by atoms with van der Waals surface area (Å²) in [6.45, 7) is -1.25. The highest BCUT2D eigenvalue weighted by atomic mass is 16.4. The van der Waals surface area contributed by atoms with Gasteiger partial charge in [-0.1, -0.05) is 0 Å². The molecule has 0 aliphatic carbocycles. The zero-order valence-corrected chi connectivity index (χ0v) is 5.97. The van der Waals surface area contributed by atoms with Crippen molar-refractivity contribution in [2.75, 3.05) is 13.2 Å². The lowest BCUT2D eigenvalue weighted by Gasteiger charge is -2.13. The molecule has 11 heavy (non-hydrogen) atoms. The van der Waals surface area contributed by atoms with E-state index >= 15 is 0 Å². The fraction of sp³-hybridized carbons (Fsp3) is 0.833. The van der Waals surface area contributed by atoms with Gasteiger partial charge in [0.1, 0.15) is 12.7 Å². The second-order valence-corrected chi connectivity index (χ2v) is 2.22. The topological polar surface area (TPSA) is 98.0 Å². The Morgan fingerprint density at radius 2 is 1.73 bits per heavy atom. The van der Waals surface area contributed by atoms with Crippen LogP contribution >= 0.6 is 0 Å². The van der Waals surface area contributed by atoms with Crippen LogP contribution in [-0.2, 0) is 4.79 Å². The van der Waals surface area contributed by atoms with Gasteiger partial charge in [-0.2, -0.15) is 0 Å². The van der Waals surface area contributed by atoms with Crippen LogP contribution in [0.1, 0.15) is 6.42 Å². The van der Waals surface area contributed by atoms with Gasteiger partial charge in [0.05, 0.1) is 12.7 Å². The van der Waals surface area contributed by atoms with E-state index in [9.17, 15) is 4.79 Å². The minimum atomic E-state index is -1.31. The van der Waals surface area contributed by atoms with Gasteiger partial charge in [-0.15, -0.1) is 0 Å². The van der Waals surface area contributed by atoms with E-state index in [0.717, 1.165) is 0 Å². The average molecular weight is 164 g/mol. The van der Waals surface area contributed by atoms with Gasteiger partial charge in [-0.05, 0) is 0 Å². The number of Topliss-reactive ketones (excluding diaryl/α,β-unsaturated/α-hetero) is 1. The number of aliphatic hydroxyl groups is 4. The molecule has 0 heterocycles. The van der Waals surface area contributed by atoms with Crippen LogP contribution in [0, 0.1) is 0 Å². The van der Waals surface area contributed by atoms with Gasteiger partial charge in [-0.25, -0.2) is 0 Å². The molecule has 5 nitrogen and oxygen atoms in total. The molecule has 0 aliphatic rings. The highest BCUT2D eigenvalue weighted by molar-refractivity contribution is 5.79. The monoisotopic (exact) mass is 164 g/mol. The van der Waals surface area contributed by atoms with Crippen molar-refractivity contribution in [3.63, 3.8) is 0 Å².